The Morgan fingerprint density at radius 3 is 2.31 bits per heavy atom. The number of piperidine rings is 2. The van der Waals surface area contributed by atoms with Gasteiger partial charge in [0.05, 0.1) is 6.26 Å². The molecule has 36 heavy (non-hydrogen) atoms. The minimum atomic E-state index is -3.34. The number of amides is 2. The zero-order chi connectivity index (χ0) is 25.7. The van der Waals surface area contributed by atoms with Gasteiger partial charge in [-0.3, -0.25) is 0 Å². The Hall–Kier alpha value is -2.56. The van der Waals surface area contributed by atoms with E-state index >= 15 is 0 Å². The molecule has 2 saturated heterocycles. The third kappa shape index (κ3) is 7.47. The van der Waals surface area contributed by atoms with Gasteiger partial charge in [-0.1, -0.05) is 12.1 Å². The Balaban J connectivity index is 1.39. The molecule has 2 aliphatic heterocycles. The summed E-state index contributed by atoms with van der Waals surface area (Å²) in [6.45, 7) is 3.17. The molecule has 2 aromatic rings. The van der Waals surface area contributed by atoms with Gasteiger partial charge in [-0.25, -0.2) is 26.3 Å². The second-order valence-electron chi connectivity index (χ2n) is 9.98. The number of sulfonamides is 1. The molecule has 2 fully saturated rings. The molecule has 0 saturated carbocycles. The summed E-state index contributed by atoms with van der Waals surface area (Å²) in [6, 6.07) is 11.6. The molecule has 7 nitrogen and oxygen atoms in total. The maximum atomic E-state index is 13.3. The van der Waals surface area contributed by atoms with E-state index in [-0.39, 0.29) is 23.6 Å². The van der Waals surface area contributed by atoms with Crippen molar-refractivity contribution in [2.75, 3.05) is 44.3 Å². The van der Waals surface area contributed by atoms with Crippen molar-refractivity contribution >= 4 is 21.7 Å². The number of hydrogen-bond acceptors (Lipinski definition) is 4. The number of rotatable bonds is 7. The average Bonchev–Trinajstić information content (AvgIpc) is 2.83. The summed E-state index contributed by atoms with van der Waals surface area (Å²) < 4.78 is 52.4. The van der Waals surface area contributed by atoms with E-state index in [9.17, 15) is 22.0 Å². The normalized spacial score (nSPS) is 23.8. The first-order valence-corrected chi connectivity index (χ1v) is 14.3. The highest BCUT2D eigenvalue weighted by Crippen LogP contribution is 2.26. The van der Waals surface area contributed by atoms with E-state index in [0.717, 1.165) is 37.9 Å². The molecule has 1 unspecified atom stereocenters. The lowest BCUT2D eigenvalue weighted by molar-refractivity contribution is 0.111. The van der Waals surface area contributed by atoms with Gasteiger partial charge in [-0.05, 0) is 80.1 Å². The number of anilines is 1. The highest BCUT2D eigenvalue weighted by Gasteiger charge is 2.35. The molecule has 10 heteroatoms. The summed E-state index contributed by atoms with van der Waals surface area (Å²) in [5.41, 5.74) is 1.60. The summed E-state index contributed by atoms with van der Waals surface area (Å²) >= 11 is 0. The predicted molar refractivity (Wildman–Crippen MR) is 136 cm³/mol. The van der Waals surface area contributed by atoms with Crippen molar-refractivity contribution in [3.63, 3.8) is 0 Å². The van der Waals surface area contributed by atoms with Crippen LogP contribution in [0.3, 0.4) is 0 Å². The molecule has 2 heterocycles. The zero-order valence-electron chi connectivity index (χ0n) is 20.5. The van der Waals surface area contributed by atoms with Crippen LogP contribution in [-0.4, -0.2) is 68.7 Å². The van der Waals surface area contributed by atoms with Crippen LogP contribution in [0.5, 0.6) is 0 Å². The first-order chi connectivity index (χ1) is 17.2. The molecule has 3 atom stereocenters. The number of likely N-dealkylation sites (tertiary alicyclic amines) is 1. The van der Waals surface area contributed by atoms with Crippen LogP contribution in [0.15, 0.2) is 48.5 Å². The number of hydrogen-bond donors (Lipinski definition) is 2. The molecule has 0 spiro atoms. The third-order valence-corrected chi connectivity index (χ3v) is 8.39. The van der Waals surface area contributed by atoms with Gasteiger partial charge in [-0.15, -0.1) is 0 Å². The van der Waals surface area contributed by atoms with Gasteiger partial charge in [0, 0.05) is 43.8 Å². The van der Waals surface area contributed by atoms with E-state index in [1.807, 2.05) is 12.1 Å². The topological polar surface area (TPSA) is 81.8 Å². The number of benzene rings is 2. The third-order valence-electron chi connectivity index (χ3n) is 7.12. The van der Waals surface area contributed by atoms with Crippen LogP contribution in [0, 0.1) is 23.5 Å². The summed E-state index contributed by atoms with van der Waals surface area (Å²) in [6.07, 6.45) is 4.74. The Morgan fingerprint density at radius 2 is 1.64 bits per heavy atom. The van der Waals surface area contributed by atoms with Gasteiger partial charge < -0.3 is 15.5 Å². The molecule has 196 valence electrons. The van der Waals surface area contributed by atoms with Crippen LogP contribution >= 0.6 is 0 Å². The lowest BCUT2D eigenvalue weighted by Crippen LogP contribution is -2.56. The molecule has 2 amide bonds. The van der Waals surface area contributed by atoms with E-state index in [4.69, 9.17) is 0 Å². The average molecular weight is 521 g/mol. The first-order valence-electron chi connectivity index (χ1n) is 12.4. The Kier molecular flexibility index (Phi) is 8.58. The van der Waals surface area contributed by atoms with Crippen molar-refractivity contribution in [2.24, 2.45) is 11.8 Å². The standard InChI is InChI=1S/C26H34F2N4O3S/c1-36(34,35)32-14-12-25(30-26(33)29-24-10-8-23(28)9-11-24)21(18-32)17-31-13-2-3-20(16-31)15-19-4-6-22(27)7-5-19/h4-11,20-21,25H,2-3,12-18H2,1H3,(H2,29,30,33)/t20?,21-,25-/m1/s1. The Bertz CT molecular complexity index is 1130. The zero-order valence-corrected chi connectivity index (χ0v) is 21.3. The van der Waals surface area contributed by atoms with E-state index in [1.165, 1.54) is 47.0 Å². The predicted octanol–water partition coefficient (Wildman–Crippen LogP) is 3.69. The van der Waals surface area contributed by atoms with Gasteiger partial charge in [-0.2, -0.15) is 0 Å². The van der Waals surface area contributed by atoms with Crippen molar-refractivity contribution in [3.8, 4) is 0 Å². The molecule has 0 aliphatic carbocycles. The molecule has 0 aromatic heterocycles. The van der Waals surface area contributed by atoms with Gasteiger partial charge in [0.25, 0.3) is 0 Å². The first kappa shape index (κ1) is 26.5. The number of nitrogens with zero attached hydrogens (tertiary/aromatic N) is 2. The molecular formula is C26H34F2N4O3S. The van der Waals surface area contributed by atoms with Crippen molar-refractivity contribution in [1.29, 1.82) is 0 Å². The van der Waals surface area contributed by atoms with Crippen molar-refractivity contribution in [1.82, 2.24) is 14.5 Å². The Morgan fingerprint density at radius 1 is 0.972 bits per heavy atom. The van der Waals surface area contributed by atoms with Crippen LogP contribution in [0.1, 0.15) is 24.8 Å². The highest BCUT2D eigenvalue weighted by molar-refractivity contribution is 7.88. The fraction of sp³-hybridized carbons (Fsp3) is 0.500. The maximum absolute atomic E-state index is 13.3. The van der Waals surface area contributed by atoms with Crippen molar-refractivity contribution in [3.05, 3.63) is 65.7 Å². The summed E-state index contributed by atoms with van der Waals surface area (Å²) in [5, 5.41) is 5.75. The van der Waals surface area contributed by atoms with Crippen LogP contribution < -0.4 is 10.6 Å². The maximum Gasteiger partial charge on any atom is 0.319 e. The van der Waals surface area contributed by atoms with E-state index < -0.39 is 16.1 Å². The van der Waals surface area contributed by atoms with Crippen molar-refractivity contribution in [2.45, 2.75) is 31.7 Å². The fourth-order valence-corrected chi connectivity index (χ4v) is 6.21. The quantitative estimate of drug-likeness (QED) is 0.584. The summed E-state index contributed by atoms with van der Waals surface area (Å²) in [5.74, 6) is -0.254. The molecule has 2 aromatic carbocycles. The lowest BCUT2D eigenvalue weighted by Gasteiger charge is -2.42. The molecule has 2 N–H and O–H groups in total. The van der Waals surface area contributed by atoms with Crippen LogP contribution in [0.4, 0.5) is 19.3 Å². The second kappa shape index (κ2) is 11.7. The fourth-order valence-electron chi connectivity index (χ4n) is 5.31. The van der Waals surface area contributed by atoms with Gasteiger partial charge in [0.1, 0.15) is 11.6 Å². The van der Waals surface area contributed by atoms with Gasteiger partial charge in [0.2, 0.25) is 10.0 Å². The minimum absolute atomic E-state index is 0.0722. The number of carbonyl (C=O) groups is 1. The molecule has 4 rings (SSSR count). The van der Waals surface area contributed by atoms with E-state index in [1.54, 1.807) is 0 Å². The van der Waals surface area contributed by atoms with Crippen LogP contribution in [-0.2, 0) is 16.4 Å². The largest absolute Gasteiger partial charge is 0.335 e. The van der Waals surface area contributed by atoms with Gasteiger partial charge in [0.15, 0.2) is 0 Å². The van der Waals surface area contributed by atoms with Crippen molar-refractivity contribution < 1.29 is 22.0 Å². The summed E-state index contributed by atoms with van der Waals surface area (Å²) in [7, 11) is -3.34. The van der Waals surface area contributed by atoms with Crippen LogP contribution in [0.25, 0.3) is 0 Å². The molecule has 2 aliphatic rings. The van der Waals surface area contributed by atoms with E-state index in [2.05, 4.69) is 15.5 Å². The molecular weight excluding hydrogens is 486 g/mol. The Labute approximate surface area is 211 Å². The highest BCUT2D eigenvalue weighted by atomic mass is 32.2. The van der Waals surface area contributed by atoms with Crippen LogP contribution in [0.2, 0.25) is 0 Å². The number of halogens is 2. The minimum Gasteiger partial charge on any atom is -0.335 e. The number of carbonyl (C=O) groups excluding carboxylic acids is 1. The second-order valence-corrected chi connectivity index (χ2v) is 12.0. The summed E-state index contributed by atoms with van der Waals surface area (Å²) in [4.78, 5) is 15.0. The monoisotopic (exact) mass is 520 g/mol. The molecule has 0 radical (unpaired) electrons. The number of nitrogens with one attached hydrogen (secondary N) is 2. The molecule has 0 bridgehead atoms. The SMILES string of the molecule is CS(=O)(=O)N1CC[C@@H](NC(=O)Nc2ccc(F)cc2)[C@H](CN2CCCC(Cc3ccc(F)cc3)C2)C1. The lowest BCUT2D eigenvalue weighted by atomic mass is 9.88. The number of urea groups is 1. The van der Waals surface area contributed by atoms with Gasteiger partial charge >= 0.3 is 6.03 Å². The van der Waals surface area contributed by atoms with E-state index in [0.29, 0.717) is 37.7 Å². The smallest absolute Gasteiger partial charge is 0.319 e.